The number of benzene rings is 2. The first-order valence-corrected chi connectivity index (χ1v) is 10.8. The van der Waals surface area contributed by atoms with Gasteiger partial charge in [0.05, 0.1) is 17.5 Å². The van der Waals surface area contributed by atoms with Gasteiger partial charge >= 0.3 is 0 Å². The van der Waals surface area contributed by atoms with Gasteiger partial charge in [0, 0.05) is 21.8 Å². The van der Waals surface area contributed by atoms with Crippen LogP contribution >= 0.6 is 15.9 Å². The lowest BCUT2D eigenvalue weighted by atomic mass is 9.75. The van der Waals surface area contributed by atoms with Crippen LogP contribution in [0.15, 0.2) is 46.9 Å². The number of anilines is 2. The molecule has 3 saturated heterocycles. The van der Waals surface area contributed by atoms with Gasteiger partial charge in [-0.15, -0.1) is 0 Å². The fourth-order valence-corrected chi connectivity index (χ4v) is 6.51. The first kappa shape index (κ1) is 18.2. The second-order valence-corrected chi connectivity index (χ2v) is 9.13. The quantitative estimate of drug-likeness (QED) is 0.651. The van der Waals surface area contributed by atoms with Gasteiger partial charge in [-0.05, 0) is 65.6 Å². The lowest BCUT2D eigenvalue weighted by Crippen LogP contribution is -2.54. The molecule has 4 unspecified atom stereocenters. The van der Waals surface area contributed by atoms with E-state index >= 15 is 0 Å². The Morgan fingerprint density at radius 3 is 2.70 bits per heavy atom. The van der Waals surface area contributed by atoms with Crippen molar-refractivity contribution in [2.24, 2.45) is 11.8 Å². The second kappa shape index (κ2) is 5.98. The summed E-state index contributed by atoms with van der Waals surface area (Å²) in [4.78, 5) is 44.0. The van der Waals surface area contributed by atoms with Crippen molar-refractivity contribution in [3.63, 3.8) is 0 Å². The van der Waals surface area contributed by atoms with Crippen LogP contribution in [0.25, 0.3) is 0 Å². The van der Waals surface area contributed by atoms with Gasteiger partial charge in [-0.3, -0.25) is 19.3 Å². The fraction of sp³-hybridized carbons (Fsp3) is 0.318. The van der Waals surface area contributed by atoms with E-state index in [-0.39, 0.29) is 17.9 Å². The summed E-state index contributed by atoms with van der Waals surface area (Å²) in [6.07, 6.45) is 1.55. The van der Waals surface area contributed by atoms with Crippen LogP contribution in [-0.4, -0.2) is 35.2 Å². The second-order valence-electron chi connectivity index (χ2n) is 8.28. The molecule has 6 nitrogen and oxygen atoms in total. The van der Waals surface area contributed by atoms with Crippen molar-refractivity contribution in [2.45, 2.75) is 24.4 Å². The molecule has 2 aromatic carbocycles. The smallest absolute Gasteiger partial charge is 0.250 e. The maximum atomic E-state index is 14.3. The Morgan fingerprint density at radius 2 is 1.90 bits per heavy atom. The zero-order chi connectivity index (χ0) is 20.8. The number of carbonyl (C=O) groups is 3. The van der Waals surface area contributed by atoms with E-state index in [9.17, 15) is 18.8 Å². The van der Waals surface area contributed by atoms with Crippen molar-refractivity contribution in [1.82, 2.24) is 4.90 Å². The largest absolute Gasteiger partial charge is 0.324 e. The topological polar surface area (TPSA) is 69.7 Å². The number of imide groups is 1. The van der Waals surface area contributed by atoms with Crippen LogP contribution in [-0.2, 0) is 19.9 Å². The van der Waals surface area contributed by atoms with Gasteiger partial charge in [0.15, 0.2) is 0 Å². The predicted molar refractivity (Wildman–Crippen MR) is 110 cm³/mol. The molecule has 0 saturated carbocycles. The zero-order valence-electron chi connectivity index (χ0n) is 15.8. The minimum absolute atomic E-state index is 0.223. The lowest BCUT2D eigenvalue weighted by Gasteiger charge is -2.36. The summed E-state index contributed by atoms with van der Waals surface area (Å²) in [6.45, 7) is 0.594. The van der Waals surface area contributed by atoms with Crippen molar-refractivity contribution >= 4 is 45.0 Å². The van der Waals surface area contributed by atoms with Crippen LogP contribution in [0.1, 0.15) is 18.4 Å². The molecule has 0 radical (unpaired) electrons. The molecular formula is C22H17BrFN3O3. The molecule has 4 aliphatic rings. The van der Waals surface area contributed by atoms with Crippen molar-refractivity contribution in [1.29, 1.82) is 0 Å². The summed E-state index contributed by atoms with van der Waals surface area (Å²) in [5.41, 5.74) is 0.0835. The average Bonchev–Trinajstić information content (AvgIpc) is 3.42. The number of nitrogens with zero attached hydrogens (tertiary/aromatic N) is 2. The van der Waals surface area contributed by atoms with Crippen LogP contribution in [0.2, 0.25) is 0 Å². The van der Waals surface area contributed by atoms with Crippen LogP contribution in [0.5, 0.6) is 0 Å². The highest BCUT2D eigenvalue weighted by Crippen LogP contribution is 2.60. The molecule has 4 atom stereocenters. The first-order chi connectivity index (χ1) is 14.5. The number of para-hydroxylation sites is 1. The summed E-state index contributed by atoms with van der Waals surface area (Å²) in [6, 6.07) is 11.0. The van der Waals surface area contributed by atoms with Crippen LogP contribution in [0.4, 0.5) is 15.8 Å². The molecule has 1 spiro atoms. The molecule has 2 aromatic rings. The van der Waals surface area contributed by atoms with E-state index in [0.717, 1.165) is 12.8 Å². The van der Waals surface area contributed by atoms with E-state index in [0.29, 0.717) is 28.0 Å². The summed E-state index contributed by atoms with van der Waals surface area (Å²) >= 11 is 3.43. The maximum absolute atomic E-state index is 14.3. The van der Waals surface area contributed by atoms with Crippen LogP contribution in [0, 0.1) is 17.7 Å². The fourth-order valence-electron chi connectivity index (χ4n) is 6.05. The molecule has 6 rings (SSSR count). The average molecular weight is 470 g/mol. The number of amides is 3. The lowest BCUT2D eigenvalue weighted by molar-refractivity contribution is -0.135. The van der Waals surface area contributed by atoms with Crippen molar-refractivity contribution in [3.8, 4) is 0 Å². The van der Waals surface area contributed by atoms with E-state index in [1.165, 1.54) is 23.1 Å². The van der Waals surface area contributed by atoms with Crippen LogP contribution in [0.3, 0.4) is 0 Å². The molecule has 3 fully saturated rings. The summed E-state index contributed by atoms with van der Waals surface area (Å²) in [5, 5.41) is 2.85. The van der Waals surface area contributed by atoms with Gasteiger partial charge in [-0.2, -0.15) is 0 Å². The summed E-state index contributed by atoms with van der Waals surface area (Å²) in [7, 11) is 0. The number of carbonyl (C=O) groups excluding carboxylic acids is 3. The number of halogens is 2. The highest BCUT2D eigenvalue weighted by atomic mass is 79.9. The Hall–Kier alpha value is -2.58. The molecule has 0 aliphatic carbocycles. The van der Waals surface area contributed by atoms with E-state index in [2.05, 4.69) is 21.2 Å². The first-order valence-electron chi connectivity index (χ1n) is 9.97. The predicted octanol–water partition coefficient (Wildman–Crippen LogP) is 3.02. The van der Waals surface area contributed by atoms with Gasteiger partial charge in [-0.1, -0.05) is 12.1 Å². The molecule has 3 amide bonds. The minimum Gasteiger partial charge on any atom is -0.324 e. The number of hydrogen-bond acceptors (Lipinski definition) is 4. The Morgan fingerprint density at radius 1 is 1.10 bits per heavy atom. The third-order valence-corrected chi connectivity index (χ3v) is 7.72. The minimum atomic E-state index is -1.36. The number of fused-ring (bicyclic) bond motifs is 7. The van der Waals surface area contributed by atoms with E-state index in [1.807, 2.05) is 11.0 Å². The van der Waals surface area contributed by atoms with Crippen molar-refractivity contribution in [3.05, 3.63) is 58.3 Å². The highest BCUT2D eigenvalue weighted by Gasteiger charge is 2.74. The van der Waals surface area contributed by atoms with Gasteiger partial charge < -0.3 is 5.32 Å². The van der Waals surface area contributed by atoms with Gasteiger partial charge in [0.1, 0.15) is 11.4 Å². The maximum Gasteiger partial charge on any atom is 0.250 e. The highest BCUT2D eigenvalue weighted by molar-refractivity contribution is 9.10. The summed E-state index contributed by atoms with van der Waals surface area (Å²) < 4.78 is 14.9. The molecular weight excluding hydrogens is 453 g/mol. The molecule has 4 heterocycles. The van der Waals surface area contributed by atoms with Crippen LogP contribution < -0.4 is 10.2 Å². The van der Waals surface area contributed by atoms with Gasteiger partial charge in [0.25, 0.3) is 0 Å². The molecule has 1 N–H and O–H groups in total. The number of rotatable bonds is 1. The normalized spacial score (nSPS) is 32.0. The molecule has 152 valence electrons. The Labute approximate surface area is 180 Å². The van der Waals surface area contributed by atoms with E-state index in [1.54, 1.807) is 18.2 Å². The monoisotopic (exact) mass is 469 g/mol. The zero-order valence-corrected chi connectivity index (χ0v) is 17.4. The molecule has 0 bridgehead atoms. The molecule has 30 heavy (non-hydrogen) atoms. The van der Waals surface area contributed by atoms with Crippen molar-refractivity contribution in [2.75, 3.05) is 16.8 Å². The standard InChI is InChI=1S/C22H17BrFN3O3/c23-13-4-1-2-5-15(13)27-19(28)17-16-6-3-9-26(16)22(18(17)20(27)29)12-10-11(24)7-8-14(12)25-21(22)30/h1-2,4-5,7-8,10,16-18H,3,6,9H2,(H,25,30). The third-order valence-electron chi connectivity index (χ3n) is 7.05. The third kappa shape index (κ3) is 1.98. The number of hydrogen-bond donors (Lipinski definition) is 1. The van der Waals surface area contributed by atoms with E-state index in [4.69, 9.17) is 0 Å². The van der Waals surface area contributed by atoms with Gasteiger partial charge in [-0.25, -0.2) is 9.29 Å². The van der Waals surface area contributed by atoms with E-state index < -0.39 is 29.1 Å². The Bertz CT molecular complexity index is 1150. The van der Waals surface area contributed by atoms with Crippen molar-refractivity contribution < 1.29 is 18.8 Å². The SMILES string of the molecule is O=C1C2C3CCCN3C3(C(=O)Nc4ccc(F)cc43)C2C(=O)N1c1ccccc1Br. The Kier molecular flexibility index (Phi) is 3.63. The molecule has 4 aliphatic heterocycles. The van der Waals surface area contributed by atoms with Gasteiger partial charge in [0.2, 0.25) is 17.7 Å². The summed E-state index contributed by atoms with van der Waals surface area (Å²) in [5.74, 6) is -3.03. The molecule has 8 heteroatoms. The molecule has 0 aromatic heterocycles. The Balaban J connectivity index is 1.58. The number of nitrogens with one attached hydrogen (secondary N) is 1.